The quantitative estimate of drug-likeness (QED) is 0.395. The Balaban J connectivity index is 1.72. The van der Waals surface area contributed by atoms with Gasteiger partial charge in [0.25, 0.3) is 5.91 Å². The van der Waals surface area contributed by atoms with Crippen molar-refractivity contribution in [1.82, 2.24) is 5.32 Å². The standard InChI is InChI=1S/C29H29ClN2O2/c30-24-19-17-23(18-20-24)28(29(34)31-25-12-6-2-7-13-25)32(26-14-8-3-9-15-26)27(33)21-16-22-10-4-1-5-11-22/h1,3-5,8-11,14-21,25,28H,2,6-7,12-13H2,(H,31,34)/b21-16+. The lowest BCUT2D eigenvalue weighted by molar-refractivity contribution is -0.126. The van der Waals surface area contributed by atoms with E-state index in [1.165, 1.54) is 12.5 Å². The molecule has 0 aliphatic heterocycles. The first-order valence-corrected chi connectivity index (χ1v) is 12.2. The lowest BCUT2D eigenvalue weighted by atomic mass is 9.94. The van der Waals surface area contributed by atoms with Crippen molar-refractivity contribution in [1.29, 1.82) is 0 Å². The Morgan fingerprint density at radius 3 is 2.12 bits per heavy atom. The summed E-state index contributed by atoms with van der Waals surface area (Å²) in [7, 11) is 0. The lowest BCUT2D eigenvalue weighted by Gasteiger charge is -2.33. The van der Waals surface area contributed by atoms with Crippen molar-refractivity contribution in [2.75, 3.05) is 4.90 Å². The molecule has 1 atom stereocenters. The van der Waals surface area contributed by atoms with E-state index in [0.717, 1.165) is 31.2 Å². The summed E-state index contributed by atoms with van der Waals surface area (Å²) in [5.41, 5.74) is 2.28. The minimum atomic E-state index is -0.825. The summed E-state index contributed by atoms with van der Waals surface area (Å²) in [6, 6.07) is 25.4. The Morgan fingerprint density at radius 2 is 1.47 bits per heavy atom. The van der Waals surface area contributed by atoms with Crippen LogP contribution in [0, 0.1) is 0 Å². The van der Waals surface area contributed by atoms with Crippen LogP contribution in [0.2, 0.25) is 5.02 Å². The Hall–Kier alpha value is -3.37. The van der Waals surface area contributed by atoms with Gasteiger partial charge in [-0.2, -0.15) is 0 Å². The molecule has 4 nitrogen and oxygen atoms in total. The van der Waals surface area contributed by atoms with Crippen LogP contribution in [0.25, 0.3) is 6.08 Å². The highest BCUT2D eigenvalue weighted by Gasteiger charge is 2.33. The molecular weight excluding hydrogens is 444 g/mol. The van der Waals surface area contributed by atoms with Gasteiger partial charge in [-0.3, -0.25) is 14.5 Å². The number of carbonyl (C=O) groups is 2. The van der Waals surface area contributed by atoms with Crippen LogP contribution in [0.3, 0.4) is 0 Å². The van der Waals surface area contributed by atoms with Crippen molar-refractivity contribution in [2.45, 2.75) is 44.2 Å². The van der Waals surface area contributed by atoms with Gasteiger partial charge in [-0.15, -0.1) is 0 Å². The summed E-state index contributed by atoms with van der Waals surface area (Å²) in [4.78, 5) is 28.9. The molecule has 0 bridgehead atoms. The third-order valence-corrected chi connectivity index (χ3v) is 6.39. The number of rotatable bonds is 7. The van der Waals surface area contributed by atoms with Gasteiger partial charge in [0.05, 0.1) is 0 Å². The molecular formula is C29H29ClN2O2. The largest absolute Gasteiger partial charge is 0.351 e. The number of hydrogen-bond acceptors (Lipinski definition) is 2. The molecule has 2 amide bonds. The number of para-hydroxylation sites is 1. The van der Waals surface area contributed by atoms with E-state index in [2.05, 4.69) is 5.32 Å². The van der Waals surface area contributed by atoms with E-state index in [1.807, 2.05) is 72.8 Å². The van der Waals surface area contributed by atoms with E-state index in [4.69, 9.17) is 11.6 Å². The first kappa shape index (κ1) is 23.8. The molecule has 1 saturated carbocycles. The van der Waals surface area contributed by atoms with Crippen LogP contribution in [0.15, 0.2) is 91.0 Å². The zero-order chi connectivity index (χ0) is 23.8. The van der Waals surface area contributed by atoms with Gasteiger partial charge in [-0.1, -0.05) is 91.5 Å². The number of anilines is 1. The van der Waals surface area contributed by atoms with Crippen LogP contribution in [0.1, 0.15) is 49.3 Å². The smallest absolute Gasteiger partial charge is 0.252 e. The minimum absolute atomic E-state index is 0.128. The molecule has 5 heteroatoms. The molecule has 3 aromatic carbocycles. The molecule has 1 unspecified atom stereocenters. The Labute approximate surface area is 206 Å². The van der Waals surface area contributed by atoms with E-state index in [0.29, 0.717) is 16.3 Å². The predicted octanol–water partition coefficient (Wildman–Crippen LogP) is 6.58. The third kappa shape index (κ3) is 6.15. The molecule has 3 aromatic rings. The Kier molecular flexibility index (Phi) is 8.16. The molecule has 1 N–H and O–H groups in total. The van der Waals surface area contributed by atoms with Gasteiger partial charge in [0, 0.05) is 22.8 Å². The van der Waals surface area contributed by atoms with Gasteiger partial charge in [-0.05, 0) is 54.3 Å². The molecule has 1 aliphatic rings. The molecule has 0 saturated heterocycles. The highest BCUT2D eigenvalue weighted by molar-refractivity contribution is 6.30. The fraction of sp³-hybridized carbons (Fsp3) is 0.241. The topological polar surface area (TPSA) is 49.4 Å². The number of halogens is 1. The van der Waals surface area contributed by atoms with Gasteiger partial charge in [0.2, 0.25) is 5.91 Å². The number of amides is 2. The van der Waals surface area contributed by atoms with Crippen LogP contribution in [0.5, 0.6) is 0 Å². The van der Waals surface area contributed by atoms with Gasteiger partial charge in [0.1, 0.15) is 6.04 Å². The molecule has 1 aliphatic carbocycles. The molecule has 0 radical (unpaired) electrons. The molecule has 0 heterocycles. The summed E-state index contributed by atoms with van der Waals surface area (Å²) >= 11 is 6.14. The maximum Gasteiger partial charge on any atom is 0.252 e. The number of nitrogens with one attached hydrogen (secondary N) is 1. The molecule has 0 aromatic heterocycles. The zero-order valence-corrected chi connectivity index (χ0v) is 19.8. The van der Waals surface area contributed by atoms with Crippen molar-refractivity contribution in [3.05, 3.63) is 107 Å². The van der Waals surface area contributed by atoms with Gasteiger partial charge in [0.15, 0.2) is 0 Å². The van der Waals surface area contributed by atoms with Crippen molar-refractivity contribution in [3.8, 4) is 0 Å². The fourth-order valence-corrected chi connectivity index (χ4v) is 4.52. The van der Waals surface area contributed by atoms with E-state index in [-0.39, 0.29) is 17.9 Å². The van der Waals surface area contributed by atoms with E-state index in [9.17, 15) is 9.59 Å². The fourth-order valence-electron chi connectivity index (χ4n) is 4.39. The molecule has 174 valence electrons. The maximum absolute atomic E-state index is 13.7. The average Bonchev–Trinajstić information content (AvgIpc) is 2.88. The van der Waals surface area contributed by atoms with Crippen molar-refractivity contribution in [2.24, 2.45) is 0 Å². The van der Waals surface area contributed by atoms with Crippen molar-refractivity contribution in [3.63, 3.8) is 0 Å². The zero-order valence-electron chi connectivity index (χ0n) is 19.1. The summed E-state index contributed by atoms with van der Waals surface area (Å²) in [5, 5.41) is 3.80. The highest BCUT2D eigenvalue weighted by Crippen LogP contribution is 2.30. The Morgan fingerprint density at radius 1 is 0.853 bits per heavy atom. The minimum Gasteiger partial charge on any atom is -0.351 e. The van der Waals surface area contributed by atoms with Crippen molar-refractivity contribution < 1.29 is 9.59 Å². The second kappa shape index (κ2) is 11.7. The SMILES string of the molecule is O=C(NC1CCCCC1)C(c1ccc(Cl)cc1)N(C(=O)/C=C/c1ccccc1)c1ccccc1. The van der Waals surface area contributed by atoms with Crippen LogP contribution < -0.4 is 10.2 Å². The average molecular weight is 473 g/mol. The van der Waals surface area contributed by atoms with Crippen LogP contribution in [-0.2, 0) is 9.59 Å². The van der Waals surface area contributed by atoms with E-state index in [1.54, 1.807) is 23.1 Å². The van der Waals surface area contributed by atoms with E-state index >= 15 is 0 Å². The molecule has 4 rings (SSSR count). The number of benzene rings is 3. The molecule has 34 heavy (non-hydrogen) atoms. The first-order valence-electron chi connectivity index (χ1n) is 11.8. The highest BCUT2D eigenvalue weighted by atomic mass is 35.5. The van der Waals surface area contributed by atoms with E-state index < -0.39 is 6.04 Å². The normalized spacial score (nSPS) is 15.1. The molecule has 1 fully saturated rings. The summed E-state index contributed by atoms with van der Waals surface area (Å²) < 4.78 is 0. The Bertz CT molecular complexity index is 1110. The van der Waals surface area contributed by atoms with Gasteiger partial charge >= 0.3 is 0 Å². The predicted molar refractivity (Wildman–Crippen MR) is 139 cm³/mol. The molecule has 0 spiro atoms. The van der Waals surface area contributed by atoms with Gasteiger partial charge in [-0.25, -0.2) is 0 Å². The van der Waals surface area contributed by atoms with Crippen molar-refractivity contribution >= 4 is 35.2 Å². The monoisotopic (exact) mass is 472 g/mol. The number of carbonyl (C=O) groups excluding carboxylic acids is 2. The van der Waals surface area contributed by atoms with Crippen LogP contribution in [-0.4, -0.2) is 17.9 Å². The second-order valence-corrected chi connectivity index (χ2v) is 9.02. The number of hydrogen-bond donors (Lipinski definition) is 1. The maximum atomic E-state index is 13.7. The summed E-state index contributed by atoms with van der Waals surface area (Å²) in [5.74, 6) is -0.451. The van der Waals surface area contributed by atoms with Crippen LogP contribution in [0.4, 0.5) is 5.69 Å². The summed E-state index contributed by atoms with van der Waals surface area (Å²) in [6.45, 7) is 0. The first-order chi connectivity index (χ1) is 16.6. The summed E-state index contributed by atoms with van der Waals surface area (Å²) in [6.07, 6.45) is 8.65. The number of nitrogens with zero attached hydrogens (tertiary/aromatic N) is 1. The van der Waals surface area contributed by atoms with Gasteiger partial charge < -0.3 is 5.32 Å². The second-order valence-electron chi connectivity index (χ2n) is 8.59. The van der Waals surface area contributed by atoms with Crippen LogP contribution >= 0.6 is 11.6 Å². The third-order valence-electron chi connectivity index (χ3n) is 6.13. The lowest BCUT2D eigenvalue weighted by Crippen LogP contribution is -2.47.